The number of anilines is 1. The van der Waals surface area contributed by atoms with Gasteiger partial charge in [0, 0.05) is 18.7 Å². The molecule has 1 saturated heterocycles. The zero-order valence-corrected chi connectivity index (χ0v) is 15.9. The van der Waals surface area contributed by atoms with Crippen LogP contribution >= 0.6 is 0 Å². The van der Waals surface area contributed by atoms with Crippen LogP contribution in [0.5, 0.6) is 0 Å². The molecule has 0 aliphatic carbocycles. The summed E-state index contributed by atoms with van der Waals surface area (Å²) >= 11 is 0. The first-order valence-electron chi connectivity index (χ1n) is 8.82. The molecule has 0 saturated carbocycles. The number of hydrogen-bond acceptors (Lipinski definition) is 4. The highest BCUT2D eigenvalue weighted by Crippen LogP contribution is 2.24. The van der Waals surface area contributed by atoms with E-state index in [0.29, 0.717) is 35.8 Å². The number of nitriles is 1. The molecule has 0 radical (unpaired) electrons. The maximum atomic E-state index is 12.8. The molecule has 6 nitrogen and oxygen atoms in total. The molecule has 0 spiro atoms. The van der Waals surface area contributed by atoms with E-state index in [2.05, 4.69) is 5.32 Å². The molecule has 1 fully saturated rings. The number of sulfonamides is 1. The monoisotopic (exact) mass is 383 g/mol. The summed E-state index contributed by atoms with van der Waals surface area (Å²) in [5.74, 6) is -0.0491. The normalized spacial score (nSPS) is 17.9. The number of hydrogen-bond donors (Lipinski definition) is 1. The van der Waals surface area contributed by atoms with Crippen molar-refractivity contribution < 1.29 is 13.2 Å². The van der Waals surface area contributed by atoms with Gasteiger partial charge in [-0.1, -0.05) is 19.1 Å². The number of nitrogens with one attached hydrogen (secondary N) is 1. The molecule has 27 heavy (non-hydrogen) atoms. The van der Waals surface area contributed by atoms with Crippen molar-refractivity contribution in [2.45, 2.75) is 24.7 Å². The van der Waals surface area contributed by atoms with Crippen molar-refractivity contribution in [3.63, 3.8) is 0 Å². The van der Waals surface area contributed by atoms with E-state index < -0.39 is 15.9 Å². The van der Waals surface area contributed by atoms with Gasteiger partial charge >= 0.3 is 0 Å². The average molecular weight is 383 g/mol. The van der Waals surface area contributed by atoms with Crippen LogP contribution in [0.25, 0.3) is 0 Å². The molecule has 1 heterocycles. The second kappa shape index (κ2) is 7.91. The number of nitrogens with zero attached hydrogens (tertiary/aromatic N) is 2. The number of para-hydroxylation sites is 1. The van der Waals surface area contributed by atoms with Crippen molar-refractivity contribution in [3.05, 3.63) is 59.7 Å². The largest absolute Gasteiger partial charge is 0.321 e. The molecule has 2 aromatic rings. The van der Waals surface area contributed by atoms with Gasteiger partial charge in [-0.05, 0) is 55.2 Å². The Balaban J connectivity index is 1.77. The van der Waals surface area contributed by atoms with E-state index in [4.69, 9.17) is 5.26 Å². The minimum Gasteiger partial charge on any atom is -0.321 e. The lowest BCUT2D eigenvalue weighted by atomic mass is 10.0. The number of piperidine rings is 1. The molecule has 7 heteroatoms. The van der Waals surface area contributed by atoms with Gasteiger partial charge in [-0.15, -0.1) is 0 Å². The number of benzene rings is 2. The summed E-state index contributed by atoms with van der Waals surface area (Å²) in [4.78, 5) is 12.6. The zero-order chi connectivity index (χ0) is 19.4. The molecule has 0 bridgehead atoms. The standard InChI is InChI=1S/C20H21N3O3S/c1-15-5-4-12-23(14-15)27(25,26)18-10-8-16(9-11-18)20(24)22-19-7-3-2-6-17(19)13-21/h2-3,6-11,15H,4-5,12,14H2,1H3,(H,22,24)/t15-/m1/s1. The summed E-state index contributed by atoms with van der Waals surface area (Å²) in [6.45, 7) is 3.10. The molecular formula is C20H21N3O3S. The Kier molecular flexibility index (Phi) is 5.59. The molecular weight excluding hydrogens is 362 g/mol. The first kappa shape index (κ1) is 19.1. The number of rotatable bonds is 4. The Morgan fingerprint density at radius 3 is 2.56 bits per heavy atom. The second-order valence-electron chi connectivity index (χ2n) is 6.75. The van der Waals surface area contributed by atoms with Gasteiger partial charge in [0.1, 0.15) is 6.07 Å². The Hall–Kier alpha value is -2.69. The Labute approximate surface area is 159 Å². The lowest BCUT2D eigenvalue weighted by Crippen LogP contribution is -2.39. The lowest BCUT2D eigenvalue weighted by molar-refractivity contribution is 0.102. The highest BCUT2D eigenvalue weighted by molar-refractivity contribution is 7.89. The predicted molar refractivity (Wildman–Crippen MR) is 103 cm³/mol. The quantitative estimate of drug-likeness (QED) is 0.878. The van der Waals surface area contributed by atoms with Crippen molar-refractivity contribution in [2.24, 2.45) is 5.92 Å². The van der Waals surface area contributed by atoms with E-state index in [1.807, 2.05) is 13.0 Å². The van der Waals surface area contributed by atoms with Crippen LogP contribution in [0.15, 0.2) is 53.4 Å². The maximum Gasteiger partial charge on any atom is 0.255 e. The van der Waals surface area contributed by atoms with Crippen LogP contribution in [0.4, 0.5) is 5.69 Å². The van der Waals surface area contributed by atoms with Gasteiger partial charge in [-0.2, -0.15) is 9.57 Å². The van der Waals surface area contributed by atoms with E-state index in [9.17, 15) is 13.2 Å². The van der Waals surface area contributed by atoms with E-state index in [-0.39, 0.29) is 4.90 Å². The second-order valence-corrected chi connectivity index (χ2v) is 8.68. The number of amides is 1. The van der Waals surface area contributed by atoms with Crippen LogP contribution in [0.1, 0.15) is 35.7 Å². The SMILES string of the molecule is C[C@@H]1CCCN(S(=O)(=O)c2ccc(C(=O)Nc3ccccc3C#N)cc2)C1. The third-order valence-electron chi connectivity index (χ3n) is 4.67. The highest BCUT2D eigenvalue weighted by Gasteiger charge is 2.28. The Morgan fingerprint density at radius 2 is 1.89 bits per heavy atom. The molecule has 140 valence electrons. The molecule has 0 unspecified atom stereocenters. The molecule has 0 aromatic heterocycles. The summed E-state index contributed by atoms with van der Waals surface area (Å²) in [5, 5.41) is 11.8. The molecule has 1 aliphatic rings. The van der Waals surface area contributed by atoms with Crippen molar-refractivity contribution in [2.75, 3.05) is 18.4 Å². The summed E-state index contributed by atoms with van der Waals surface area (Å²) in [6.07, 6.45) is 1.90. The molecule has 1 amide bonds. The van der Waals surface area contributed by atoms with Gasteiger partial charge in [-0.25, -0.2) is 8.42 Å². The predicted octanol–water partition coefficient (Wildman–Crippen LogP) is 3.23. The zero-order valence-electron chi connectivity index (χ0n) is 15.1. The minimum absolute atomic E-state index is 0.186. The van der Waals surface area contributed by atoms with Crippen molar-refractivity contribution in [3.8, 4) is 6.07 Å². The molecule has 1 atom stereocenters. The number of carbonyl (C=O) groups excluding carboxylic acids is 1. The first-order chi connectivity index (χ1) is 12.9. The topological polar surface area (TPSA) is 90.3 Å². The molecule has 2 aromatic carbocycles. The highest BCUT2D eigenvalue weighted by atomic mass is 32.2. The summed E-state index contributed by atoms with van der Waals surface area (Å²) in [5.41, 5.74) is 1.11. The average Bonchev–Trinajstić information content (AvgIpc) is 2.68. The van der Waals surface area contributed by atoms with Crippen molar-refractivity contribution >= 4 is 21.6 Å². The van der Waals surface area contributed by atoms with Gasteiger partial charge in [-0.3, -0.25) is 4.79 Å². The van der Waals surface area contributed by atoms with Gasteiger partial charge in [0.15, 0.2) is 0 Å². The van der Waals surface area contributed by atoms with E-state index >= 15 is 0 Å². The van der Waals surface area contributed by atoms with Gasteiger partial charge < -0.3 is 5.32 Å². The van der Waals surface area contributed by atoms with E-state index in [1.54, 1.807) is 24.3 Å². The fourth-order valence-electron chi connectivity index (χ4n) is 3.18. The third kappa shape index (κ3) is 4.18. The van der Waals surface area contributed by atoms with Crippen LogP contribution in [0.2, 0.25) is 0 Å². The molecule has 3 rings (SSSR count). The third-order valence-corrected chi connectivity index (χ3v) is 6.55. The maximum absolute atomic E-state index is 12.8. The van der Waals surface area contributed by atoms with Crippen LogP contribution in [-0.4, -0.2) is 31.7 Å². The van der Waals surface area contributed by atoms with Gasteiger partial charge in [0.05, 0.1) is 16.1 Å². The fourth-order valence-corrected chi connectivity index (χ4v) is 4.77. The van der Waals surface area contributed by atoms with Gasteiger partial charge in [0.25, 0.3) is 5.91 Å². The van der Waals surface area contributed by atoms with E-state index in [0.717, 1.165) is 12.8 Å². The van der Waals surface area contributed by atoms with Crippen LogP contribution in [-0.2, 0) is 10.0 Å². The lowest BCUT2D eigenvalue weighted by Gasteiger charge is -2.30. The summed E-state index contributed by atoms with van der Waals surface area (Å²) in [6, 6.07) is 14.6. The molecule has 1 N–H and O–H groups in total. The van der Waals surface area contributed by atoms with Crippen molar-refractivity contribution in [1.82, 2.24) is 4.31 Å². The molecule has 1 aliphatic heterocycles. The van der Waals surface area contributed by atoms with Crippen LogP contribution in [0, 0.1) is 17.2 Å². The fraction of sp³-hybridized carbons (Fsp3) is 0.300. The van der Waals surface area contributed by atoms with Crippen molar-refractivity contribution in [1.29, 1.82) is 5.26 Å². The number of carbonyl (C=O) groups is 1. The van der Waals surface area contributed by atoms with Gasteiger partial charge in [0.2, 0.25) is 10.0 Å². The van der Waals surface area contributed by atoms with Crippen LogP contribution < -0.4 is 5.32 Å². The van der Waals surface area contributed by atoms with Crippen LogP contribution in [0.3, 0.4) is 0 Å². The Morgan fingerprint density at radius 1 is 1.19 bits per heavy atom. The Bertz CT molecular complexity index is 978. The van der Waals surface area contributed by atoms with E-state index in [1.165, 1.54) is 28.6 Å². The summed E-state index contributed by atoms with van der Waals surface area (Å²) in [7, 11) is -3.55. The summed E-state index contributed by atoms with van der Waals surface area (Å²) < 4.78 is 27.1. The smallest absolute Gasteiger partial charge is 0.255 e. The first-order valence-corrected chi connectivity index (χ1v) is 10.3. The minimum atomic E-state index is -3.55.